The van der Waals surface area contributed by atoms with Gasteiger partial charge in [0.2, 0.25) is 5.91 Å². The van der Waals surface area contributed by atoms with Gasteiger partial charge in [-0.25, -0.2) is 0 Å². The number of hydrogen-bond acceptors (Lipinski definition) is 2. The summed E-state index contributed by atoms with van der Waals surface area (Å²) in [5.41, 5.74) is 1.39. The molecule has 2 fully saturated rings. The second-order valence-corrected chi connectivity index (χ2v) is 6.71. The number of amides is 1. The van der Waals surface area contributed by atoms with Crippen molar-refractivity contribution in [2.24, 2.45) is 5.92 Å². The van der Waals surface area contributed by atoms with Crippen LogP contribution in [0.5, 0.6) is 0 Å². The third-order valence-corrected chi connectivity index (χ3v) is 5.36. The molecule has 3 atom stereocenters. The molecule has 1 aromatic carbocycles. The highest BCUT2D eigenvalue weighted by atomic mass is 16.2. The smallest absolute Gasteiger partial charge is 0.227 e. The SMILES string of the molecule is CCC(c1ccccc1)C1CCCN1C(=O)C1CCCNC1. The van der Waals surface area contributed by atoms with Crippen LogP contribution < -0.4 is 5.32 Å². The van der Waals surface area contributed by atoms with Crippen LogP contribution in [0, 0.1) is 5.92 Å². The van der Waals surface area contributed by atoms with Gasteiger partial charge in [0.15, 0.2) is 0 Å². The molecule has 0 aromatic heterocycles. The minimum absolute atomic E-state index is 0.197. The summed E-state index contributed by atoms with van der Waals surface area (Å²) < 4.78 is 0. The third-order valence-electron chi connectivity index (χ3n) is 5.36. The average Bonchev–Trinajstić information content (AvgIpc) is 3.06. The average molecular weight is 300 g/mol. The minimum Gasteiger partial charge on any atom is -0.339 e. The van der Waals surface area contributed by atoms with Crippen LogP contribution >= 0.6 is 0 Å². The molecule has 0 aliphatic carbocycles. The van der Waals surface area contributed by atoms with Gasteiger partial charge in [0.05, 0.1) is 5.92 Å². The largest absolute Gasteiger partial charge is 0.339 e. The molecule has 0 radical (unpaired) electrons. The zero-order valence-electron chi connectivity index (χ0n) is 13.6. The maximum absolute atomic E-state index is 12.9. The van der Waals surface area contributed by atoms with Gasteiger partial charge in [-0.2, -0.15) is 0 Å². The summed E-state index contributed by atoms with van der Waals surface area (Å²) in [4.78, 5) is 15.2. The molecular weight excluding hydrogens is 272 g/mol. The van der Waals surface area contributed by atoms with E-state index in [1.54, 1.807) is 0 Å². The third kappa shape index (κ3) is 3.19. The summed E-state index contributed by atoms with van der Waals surface area (Å²) in [5.74, 6) is 1.07. The van der Waals surface area contributed by atoms with E-state index in [0.29, 0.717) is 17.9 Å². The summed E-state index contributed by atoms with van der Waals surface area (Å²) in [6.07, 6.45) is 5.59. The first-order valence-electron chi connectivity index (χ1n) is 8.87. The number of benzene rings is 1. The van der Waals surface area contributed by atoms with Gasteiger partial charge in [-0.1, -0.05) is 37.3 Å². The van der Waals surface area contributed by atoms with E-state index in [1.165, 1.54) is 5.56 Å². The van der Waals surface area contributed by atoms with E-state index in [2.05, 4.69) is 47.5 Å². The molecule has 1 aromatic rings. The van der Waals surface area contributed by atoms with Gasteiger partial charge < -0.3 is 10.2 Å². The summed E-state index contributed by atoms with van der Waals surface area (Å²) in [5, 5.41) is 3.38. The number of piperidine rings is 1. The van der Waals surface area contributed by atoms with Gasteiger partial charge in [-0.05, 0) is 44.2 Å². The van der Waals surface area contributed by atoms with Gasteiger partial charge in [-0.15, -0.1) is 0 Å². The Balaban J connectivity index is 1.75. The van der Waals surface area contributed by atoms with E-state index in [0.717, 1.165) is 51.7 Å². The molecule has 2 aliphatic heterocycles. The molecular formula is C19H28N2O. The van der Waals surface area contributed by atoms with E-state index in [9.17, 15) is 4.79 Å². The Bertz CT molecular complexity index is 481. The number of carbonyl (C=O) groups excluding carboxylic acids is 1. The number of rotatable bonds is 4. The lowest BCUT2D eigenvalue weighted by Gasteiger charge is -2.35. The molecule has 1 N–H and O–H groups in total. The molecule has 3 rings (SSSR count). The van der Waals surface area contributed by atoms with E-state index in [4.69, 9.17) is 0 Å². The Hall–Kier alpha value is -1.35. The van der Waals surface area contributed by atoms with Crippen molar-refractivity contribution in [3.05, 3.63) is 35.9 Å². The fourth-order valence-electron chi connectivity index (χ4n) is 4.21. The maximum Gasteiger partial charge on any atom is 0.227 e. The maximum atomic E-state index is 12.9. The van der Waals surface area contributed by atoms with Gasteiger partial charge in [-0.3, -0.25) is 4.79 Å². The standard InChI is InChI=1S/C19H28N2O/c1-2-17(15-8-4-3-5-9-15)18-11-7-13-21(18)19(22)16-10-6-12-20-14-16/h3-5,8-9,16-18,20H,2,6-7,10-14H2,1H3. The van der Waals surface area contributed by atoms with Gasteiger partial charge >= 0.3 is 0 Å². The van der Waals surface area contributed by atoms with Crippen molar-refractivity contribution in [3.63, 3.8) is 0 Å². The lowest BCUT2D eigenvalue weighted by Crippen LogP contribution is -2.46. The van der Waals surface area contributed by atoms with Crippen LogP contribution in [0.3, 0.4) is 0 Å². The molecule has 2 saturated heterocycles. The Kier molecular flexibility index (Phi) is 5.14. The van der Waals surface area contributed by atoms with Crippen LogP contribution in [0.15, 0.2) is 30.3 Å². The van der Waals surface area contributed by atoms with Crippen LogP contribution in [0.25, 0.3) is 0 Å². The highest BCUT2D eigenvalue weighted by Crippen LogP contribution is 2.34. The topological polar surface area (TPSA) is 32.3 Å². The van der Waals surface area contributed by atoms with Gasteiger partial charge in [0, 0.05) is 25.0 Å². The highest BCUT2D eigenvalue weighted by Gasteiger charge is 2.37. The Morgan fingerprint density at radius 2 is 2.09 bits per heavy atom. The summed E-state index contributed by atoms with van der Waals surface area (Å²) in [6.45, 7) is 5.13. The fourth-order valence-corrected chi connectivity index (χ4v) is 4.21. The molecule has 0 bridgehead atoms. The Morgan fingerprint density at radius 3 is 2.77 bits per heavy atom. The molecule has 3 nitrogen and oxygen atoms in total. The Morgan fingerprint density at radius 1 is 1.27 bits per heavy atom. The van der Waals surface area contributed by atoms with Crippen LogP contribution in [-0.2, 0) is 4.79 Å². The summed E-state index contributed by atoms with van der Waals surface area (Å²) in [6, 6.07) is 11.1. The van der Waals surface area contributed by atoms with Crippen molar-refractivity contribution >= 4 is 5.91 Å². The van der Waals surface area contributed by atoms with E-state index < -0.39 is 0 Å². The summed E-state index contributed by atoms with van der Waals surface area (Å²) >= 11 is 0. The minimum atomic E-state index is 0.197. The zero-order valence-corrected chi connectivity index (χ0v) is 13.6. The molecule has 1 amide bonds. The molecule has 2 aliphatic rings. The highest BCUT2D eigenvalue weighted by molar-refractivity contribution is 5.80. The van der Waals surface area contributed by atoms with Gasteiger partial charge in [0.1, 0.15) is 0 Å². The normalized spacial score (nSPS) is 26.9. The lowest BCUT2D eigenvalue weighted by atomic mass is 9.87. The molecule has 3 unspecified atom stereocenters. The van der Waals surface area contributed by atoms with E-state index in [-0.39, 0.29) is 5.92 Å². The molecule has 22 heavy (non-hydrogen) atoms. The second kappa shape index (κ2) is 7.28. The van der Waals surface area contributed by atoms with Crippen molar-refractivity contribution < 1.29 is 4.79 Å². The number of carbonyl (C=O) groups is 1. The summed E-state index contributed by atoms with van der Waals surface area (Å²) in [7, 11) is 0. The Labute approximate surface area is 134 Å². The predicted octanol–water partition coefficient (Wildman–Crippen LogP) is 3.17. The quantitative estimate of drug-likeness (QED) is 0.926. The van der Waals surface area contributed by atoms with Crippen molar-refractivity contribution in [1.82, 2.24) is 10.2 Å². The molecule has 3 heteroatoms. The van der Waals surface area contributed by atoms with E-state index in [1.807, 2.05) is 0 Å². The van der Waals surface area contributed by atoms with Crippen LogP contribution in [-0.4, -0.2) is 36.5 Å². The number of hydrogen-bond donors (Lipinski definition) is 1. The first-order chi connectivity index (χ1) is 10.8. The van der Waals surface area contributed by atoms with Crippen molar-refractivity contribution in [2.45, 2.75) is 51.0 Å². The van der Waals surface area contributed by atoms with Crippen LogP contribution in [0.4, 0.5) is 0 Å². The molecule has 120 valence electrons. The second-order valence-electron chi connectivity index (χ2n) is 6.71. The van der Waals surface area contributed by atoms with Crippen molar-refractivity contribution in [1.29, 1.82) is 0 Å². The fraction of sp³-hybridized carbons (Fsp3) is 0.632. The first-order valence-corrected chi connectivity index (χ1v) is 8.87. The number of nitrogens with one attached hydrogen (secondary N) is 1. The predicted molar refractivity (Wildman–Crippen MR) is 89.8 cm³/mol. The molecule has 0 spiro atoms. The lowest BCUT2D eigenvalue weighted by molar-refractivity contribution is -0.137. The van der Waals surface area contributed by atoms with Crippen LogP contribution in [0.2, 0.25) is 0 Å². The molecule has 0 saturated carbocycles. The van der Waals surface area contributed by atoms with Crippen LogP contribution in [0.1, 0.15) is 50.5 Å². The molecule has 2 heterocycles. The van der Waals surface area contributed by atoms with Crippen molar-refractivity contribution in [2.75, 3.05) is 19.6 Å². The monoisotopic (exact) mass is 300 g/mol. The van der Waals surface area contributed by atoms with E-state index >= 15 is 0 Å². The number of likely N-dealkylation sites (tertiary alicyclic amines) is 1. The van der Waals surface area contributed by atoms with Gasteiger partial charge in [0.25, 0.3) is 0 Å². The first kappa shape index (κ1) is 15.5. The number of nitrogens with zero attached hydrogens (tertiary/aromatic N) is 1. The van der Waals surface area contributed by atoms with Crippen molar-refractivity contribution in [3.8, 4) is 0 Å². The zero-order chi connectivity index (χ0) is 15.4.